The van der Waals surface area contributed by atoms with Crippen LogP contribution >= 0.6 is 11.6 Å². The van der Waals surface area contributed by atoms with Gasteiger partial charge < -0.3 is 10.2 Å². The monoisotopic (exact) mass is 374 g/mol. The van der Waals surface area contributed by atoms with Crippen molar-refractivity contribution in [2.75, 3.05) is 31.5 Å². The fourth-order valence-electron chi connectivity index (χ4n) is 3.11. The minimum absolute atomic E-state index is 0.571. The smallest absolute Gasteiger partial charge is 0.213 e. The maximum atomic E-state index is 12.4. The van der Waals surface area contributed by atoms with Crippen LogP contribution in [0.5, 0.6) is 0 Å². The summed E-state index contributed by atoms with van der Waals surface area (Å²) < 4.78 is 16.7. The van der Waals surface area contributed by atoms with Gasteiger partial charge in [-0.1, -0.05) is 41.9 Å². The standard InChI is InChI=1S/C18H19ClN4OS/c19-15-6-7-16-17(12-15)25(24)21-18(20-16)23-10-8-22(9-11-23)13-14-4-2-1-3-5-14/h1-7,12H,8-11,13H2,(H,20,21). The predicted molar refractivity (Wildman–Crippen MR) is 102 cm³/mol. The van der Waals surface area contributed by atoms with Gasteiger partial charge in [-0.3, -0.25) is 4.90 Å². The van der Waals surface area contributed by atoms with Crippen LogP contribution in [0.2, 0.25) is 5.02 Å². The zero-order chi connectivity index (χ0) is 17.2. The Morgan fingerprint density at radius 2 is 1.84 bits per heavy atom. The first-order chi connectivity index (χ1) is 12.2. The van der Waals surface area contributed by atoms with Crippen molar-refractivity contribution >= 4 is 34.2 Å². The molecule has 0 aromatic heterocycles. The van der Waals surface area contributed by atoms with Gasteiger partial charge in [0.2, 0.25) is 5.96 Å². The third kappa shape index (κ3) is 3.71. The molecule has 2 heterocycles. The molecule has 25 heavy (non-hydrogen) atoms. The summed E-state index contributed by atoms with van der Waals surface area (Å²) in [7, 11) is -1.41. The van der Waals surface area contributed by atoms with Crippen LogP contribution in [0.4, 0.5) is 5.69 Å². The lowest BCUT2D eigenvalue weighted by Crippen LogP contribution is -2.50. The molecule has 1 N–H and O–H groups in total. The number of piperazine rings is 1. The lowest BCUT2D eigenvalue weighted by molar-refractivity contribution is 0.175. The number of benzene rings is 2. The predicted octanol–water partition coefficient (Wildman–Crippen LogP) is 2.96. The average molecular weight is 375 g/mol. The van der Waals surface area contributed by atoms with Crippen molar-refractivity contribution in [2.45, 2.75) is 11.4 Å². The van der Waals surface area contributed by atoms with Crippen LogP contribution in [-0.2, 0) is 17.5 Å². The summed E-state index contributed by atoms with van der Waals surface area (Å²) in [6.07, 6.45) is 0. The number of rotatable bonds is 2. The number of halogens is 1. The first-order valence-corrected chi connectivity index (χ1v) is 9.76. The number of nitrogens with zero attached hydrogens (tertiary/aromatic N) is 3. The van der Waals surface area contributed by atoms with E-state index in [9.17, 15) is 4.21 Å². The highest BCUT2D eigenvalue weighted by Crippen LogP contribution is 2.28. The number of guanidine groups is 1. The fourth-order valence-corrected chi connectivity index (χ4v) is 4.30. The van der Waals surface area contributed by atoms with Gasteiger partial charge in [0.1, 0.15) is 0 Å². The summed E-state index contributed by atoms with van der Waals surface area (Å²) in [5.41, 5.74) is 2.15. The number of fused-ring (bicyclic) bond motifs is 1. The Labute approximate surface area is 154 Å². The molecule has 0 bridgehead atoms. The van der Waals surface area contributed by atoms with Gasteiger partial charge in [0.25, 0.3) is 0 Å². The molecule has 1 saturated heterocycles. The van der Waals surface area contributed by atoms with Crippen LogP contribution in [0.15, 0.2) is 57.8 Å². The van der Waals surface area contributed by atoms with Crippen molar-refractivity contribution in [3.8, 4) is 0 Å². The van der Waals surface area contributed by atoms with Crippen molar-refractivity contribution in [2.24, 2.45) is 4.40 Å². The molecular weight excluding hydrogens is 356 g/mol. The summed E-state index contributed by atoms with van der Waals surface area (Å²) in [6.45, 7) is 4.59. The van der Waals surface area contributed by atoms with Crippen molar-refractivity contribution in [1.29, 1.82) is 0 Å². The highest BCUT2D eigenvalue weighted by molar-refractivity contribution is 7.84. The molecule has 2 aromatic carbocycles. The summed E-state index contributed by atoms with van der Waals surface area (Å²) in [6, 6.07) is 15.9. The summed E-state index contributed by atoms with van der Waals surface area (Å²) in [4.78, 5) is 5.23. The van der Waals surface area contributed by atoms with E-state index in [0.717, 1.165) is 38.4 Å². The van der Waals surface area contributed by atoms with Gasteiger partial charge in [-0.2, -0.15) is 0 Å². The molecule has 1 fully saturated rings. The van der Waals surface area contributed by atoms with E-state index in [-0.39, 0.29) is 0 Å². The quantitative estimate of drug-likeness (QED) is 0.878. The molecule has 0 radical (unpaired) electrons. The van der Waals surface area contributed by atoms with Crippen LogP contribution in [0.1, 0.15) is 5.56 Å². The largest absolute Gasteiger partial charge is 0.339 e. The molecular formula is C18H19ClN4OS. The first kappa shape index (κ1) is 16.6. The number of hydrogen-bond acceptors (Lipinski definition) is 4. The summed E-state index contributed by atoms with van der Waals surface area (Å²) >= 11 is 5.98. The zero-order valence-corrected chi connectivity index (χ0v) is 15.3. The highest BCUT2D eigenvalue weighted by atomic mass is 35.5. The Bertz CT molecular complexity index is 819. The first-order valence-electron chi connectivity index (χ1n) is 8.27. The number of hydrogen-bond donors (Lipinski definition) is 1. The normalized spacial score (nSPS) is 20.6. The second-order valence-corrected chi connectivity index (χ2v) is 7.74. The zero-order valence-electron chi connectivity index (χ0n) is 13.7. The van der Waals surface area contributed by atoms with E-state index in [1.54, 1.807) is 12.1 Å². The maximum Gasteiger partial charge on any atom is 0.213 e. The molecule has 1 atom stereocenters. The molecule has 1 unspecified atom stereocenters. The van der Waals surface area contributed by atoms with Crippen LogP contribution in [0.25, 0.3) is 0 Å². The average Bonchev–Trinajstić information content (AvgIpc) is 2.64. The Morgan fingerprint density at radius 1 is 1.08 bits per heavy atom. The van der Waals surface area contributed by atoms with E-state index in [1.165, 1.54) is 5.56 Å². The van der Waals surface area contributed by atoms with E-state index < -0.39 is 11.0 Å². The molecule has 0 aliphatic carbocycles. The van der Waals surface area contributed by atoms with Gasteiger partial charge >= 0.3 is 0 Å². The lowest BCUT2D eigenvalue weighted by Gasteiger charge is -2.37. The third-order valence-corrected chi connectivity index (χ3v) is 5.76. The molecule has 2 aliphatic heterocycles. The van der Waals surface area contributed by atoms with Crippen LogP contribution < -0.4 is 5.32 Å². The summed E-state index contributed by atoms with van der Waals surface area (Å²) in [5, 5.41) is 3.87. The molecule has 4 rings (SSSR count). The second kappa shape index (κ2) is 7.15. The van der Waals surface area contributed by atoms with E-state index in [2.05, 4.69) is 43.8 Å². The topological polar surface area (TPSA) is 47.9 Å². The van der Waals surface area contributed by atoms with Crippen molar-refractivity contribution < 1.29 is 4.21 Å². The van der Waals surface area contributed by atoms with Crippen LogP contribution in [0, 0.1) is 0 Å². The third-order valence-electron chi connectivity index (χ3n) is 4.47. The lowest BCUT2D eigenvalue weighted by atomic mass is 10.2. The molecule has 0 amide bonds. The van der Waals surface area contributed by atoms with Crippen LogP contribution in [0.3, 0.4) is 0 Å². The molecule has 2 aliphatic rings. The van der Waals surface area contributed by atoms with Gasteiger partial charge in [-0.05, 0) is 23.8 Å². The van der Waals surface area contributed by atoms with Crippen LogP contribution in [-0.4, -0.2) is 46.1 Å². The molecule has 7 heteroatoms. The minimum Gasteiger partial charge on any atom is -0.339 e. The second-order valence-electron chi connectivity index (χ2n) is 6.18. The molecule has 0 saturated carbocycles. The SMILES string of the molecule is O=S1N=C(N2CCN(Cc3ccccc3)CC2)Nc2ccc(Cl)cc21. The van der Waals surface area contributed by atoms with Crippen molar-refractivity contribution in [3.05, 3.63) is 59.1 Å². The van der Waals surface area contributed by atoms with Gasteiger partial charge in [0, 0.05) is 37.7 Å². The van der Waals surface area contributed by atoms with Gasteiger partial charge in [0.05, 0.1) is 10.6 Å². The van der Waals surface area contributed by atoms with Gasteiger partial charge in [-0.15, -0.1) is 4.40 Å². The summed E-state index contributed by atoms with van der Waals surface area (Å²) in [5.74, 6) is 0.688. The van der Waals surface area contributed by atoms with Gasteiger partial charge in [0.15, 0.2) is 11.0 Å². The van der Waals surface area contributed by atoms with E-state index in [4.69, 9.17) is 11.6 Å². The Morgan fingerprint density at radius 3 is 2.60 bits per heavy atom. The molecule has 0 spiro atoms. The molecule has 130 valence electrons. The Hall–Kier alpha value is -1.89. The van der Waals surface area contributed by atoms with Crippen molar-refractivity contribution in [3.63, 3.8) is 0 Å². The van der Waals surface area contributed by atoms with E-state index in [0.29, 0.717) is 15.9 Å². The van der Waals surface area contributed by atoms with Crippen molar-refractivity contribution in [1.82, 2.24) is 9.80 Å². The number of nitrogens with one attached hydrogen (secondary N) is 1. The Balaban J connectivity index is 1.40. The van der Waals surface area contributed by atoms with E-state index >= 15 is 0 Å². The number of anilines is 1. The Kier molecular flexibility index (Phi) is 4.74. The maximum absolute atomic E-state index is 12.4. The highest BCUT2D eigenvalue weighted by Gasteiger charge is 2.25. The minimum atomic E-state index is -1.41. The van der Waals surface area contributed by atoms with E-state index in [1.807, 2.05) is 12.1 Å². The molecule has 5 nitrogen and oxygen atoms in total. The molecule has 2 aromatic rings. The fraction of sp³-hybridized carbons (Fsp3) is 0.278. The van der Waals surface area contributed by atoms with Gasteiger partial charge in [-0.25, -0.2) is 4.21 Å².